The maximum atomic E-state index is 12.3. The normalized spacial score (nSPS) is 10.4. The maximum absolute atomic E-state index is 12.3. The van der Waals surface area contributed by atoms with Gasteiger partial charge in [0, 0.05) is 11.4 Å². The van der Waals surface area contributed by atoms with Crippen molar-refractivity contribution in [3.63, 3.8) is 0 Å². The number of aryl methyl sites for hydroxylation is 1. The zero-order valence-corrected chi connectivity index (χ0v) is 12.7. The lowest BCUT2D eigenvalue weighted by Crippen LogP contribution is -2.21. The first-order valence-corrected chi connectivity index (χ1v) is 7.18. The first-order valence-electron chi connectivity index (χ1n) is 6.77. The highest BCUT2D eigenvalue weighted by atomic mass is 32.1. The third kappa shape index (κ3) is 2.68. The highest BCUT2D eigenvalue weighted by Crippen LogP contribution is 2.12. The molecule has 22 heavy (non-hydrogen) atoms. The average molecular weight is 310 g/mol. The third-order valence-electron chi connectivity index (χ3n) is 3.17. The van der Waals surface area contributed by atoms with Gasteiger partial charge in [-0.3, -0.25) is 4.57 Å². The summed E-state index contributed by atoms with van der Waals surface area (Å²) in [6.45, 7) is 1.81. The minimum absolute atomic E-state index is 0.331. The molecule has 0 saturated heterocycles. The average Bonchev–Trinajstić information content (AvgIpc) is 2.84. The molecule has 1 heterocycles. The fraction of sp³-hybridized carbons (Fsp3) is 0.0625. The van der Waals surface area contributed by atoms with Gasteiger partial charge in [-0.05, 0) is 43.4 Å². The Kier molecular flexibility index (Phi) is 3.84. The van der Waals surface area contributed by atoms with Crippen molar-refractivity contribution in [2.75, 3.05) is 5.32 Å². The number of carbonyl (C=O) groups excluding carboxylic acids is 1. The number of anilines is 1. The minimum atomic E-state index is -0.381. The summed E-state index contributed by atoms with van der Waals surface area (Å²) in [7, 11) is 0. The molecule has 0 fully saturated rings. The molecule has 1 amide bonds. The molecule has 110 valence electrons. The Morgan fingerprint density at radius 3 is 2.27 bits per heavy atom. The van der Waals surface area contributed by atoms with Crippen LogP contribution in [-0.2, 0) is 0 Å². The van der Waals surface area contributed by atoms with E-state index in [1.165, 1.54) is 4.68 Å². The van der Waals surface area contributed by atoms with Gasteiger partial charge >= 0.3 is 6.03 Å². The monoisotopic (exact) mass is 310 g/mol. The quantitative estimate of drug-likeness (QED) is 0.733. The number of benzene rings is 2. The molecule has 3 aromatic rings. The summed E-state index contributed by atoms with van der Waals surface area (Å²) in [6, 6.07) is 18.4. The van der Waals surface area contributed by atoms with Crippen molar-refractivity contribution in [2.45, 2.75) is 6.92 Å². The largest absolute Gasteiger partial charge is 0.349 e. The van der Waals surface area contributed by atoms with E-state index in [2.05, 4.69) is 10.4 Å². The van der Waals surface area contributed by atoms with Crippen molar-refractivity contribution in [1.29, 1.82) is 0 Å². The van der Waals surface area contributed by atoms with E-state index in [4.69, 9.17) is 12.2 Å². The summed E-state index contributed by atoms with van der Waals surface area (Å²) in [5, 5.41) is 7.02. The number of nitrogens with one attached hydrogen (secondary N) is 1. The Bertz CT molecular complexity index is 853. The standard InChI is InChI=1S/C16H14N4OS/c1-12-18-20(15(21)17-13-8-4-2-5-9-13)16(22)19(12)14-10-6-3-7-11-14/h2-11H,1H3,(H,17,21). The molecule has 0 aliphatic rings. The molecule has 2 aromatic carbocycles. The van der Waals surface area contributed by atoms with Gasteiger partial charge in [0.1, 0.15) is 5.82 Å². The lowest BCUT2D eigenvalue weighted by Gasteiger charge is -2.04. The van der Waals surface area contributed by atoms with Gasteiger partial charge in [-0.1, -0.05) is 36.4 Å². The SMILES string of the molecule is Cc1nn(C(=O)Nc2ccccc2)c(=S)n1-c1ccccc1. The van der Waals surface area contributed by atoms with Gasteiger partial charge in [0.2, 0.25) is 4.77 Å². The molecule has 0 saturated carbocycles. The van der Waals surface area contributed by atoms with E-state index in [1.54, 1.807) is 4.57 Å². The molecular formula is C16H14N4OS. The Morgan fingerprint density at radius 2 is 1.64 bits per heavy atom. The van der Waals surface area contributed by atoms with E-state index in [9.17, 15) is 4.79 Å². The molecule has 6 heteroatoms. The van der Waals surface area contributed by atoms with Crippen molar-refractivity contribution in [1.82, 2.24) is 14.3 Å². The van der Waals surface area contributed by atoms with Gasteiger partial charge in [0.15, 0.2) is 0 Å². The van der Waals surface area contributed by atoms with Crippen molar-refractivity contribution in [3.05, 3.63) is 71.3 Å². The number of para-hydroxylation sites is 2. The first-order chi connectivity index (χ1) is 10.7. The summed E-state index contributed by atoms with van der Waals surface area (Å²) in [4.78, 5) is 12.3. The lowest BCUT2D eigenvalue weighted by molar-refractivity contribution is 0.250. The molecule has 3 rings (SSSR count). The molecule has 5 nitrogen and oxygen atoms in total. The van der Waals surface area contributed by atoms with Crippen LogP contribution < -0.4 is 5.32 Å². The molecule has 1 aromatic heterocycles. The van der Waals surface area contributed by atoms with E-state index < -0.39 is 0 Å². The van der Waals surface area contributed by atoms with Gasteiger partial charge in [-0.25, -0.2) is 4.79 Å². The van der Waals surface area contributed by atoms with E-state index in [0.717, 1.165) is 5.69 Å². The van der Waals surface area contributed by atoms with Gasteiger partial charge in [-0.15, -0.1) is 5.10 Å². The third-order valence-corrected chi connectivity index (χ3v) is 3.53. The van der Waals surface area contributed by atoms with Crippen LogP contribution in [-0.4, -0.2) is 20.4 Å². The molecule has 0 unspecified atom stereocenters. The predicted octanol–water partition coefficient (Wildman–Crippen LogP) is 3.79. The number of nitrogens with zero attached hydrogens (tertiary/aromatic N) is 3. The van der Waals surface area contributed by atoms with Gasteiger partial charge < -0.3 is 5.32 Å². The van der Waals surface area contributed by atoms with Crippen LogP contribution >= 0.6 is 12.2 Å². The van der Waals surface area contributed by atoms with Gasteiger partial charge in [-0.2, -0.15) is 4.68 Å². The Balaban J connectivity index is 1.96. The summed E-state index contributed by atoms with van der Waals surface area (Å²) in [5.74, 6) is 0.652. The summed E-state index contributed by atoms with van der Waals surface area (Å²) in [5.41, 5.74) is 1.57. The summed E-state index contributed by atoms with van der Waals surface area (Å²) in [6.07, 6.45) is 0. The van der Waals surface area contributed by atoms with E-state index in [-0.39, 0.29) is 6.03 Å². The second-order valence-electron chi connectivity index (χ2n) is 4.71. The fourth-order valence-corrected chi connectivity index (χ4v) is 2.53. The second-order valence-corrected chi connectivity index (χ2v) is 5.07. The predicted molar refractivity (Wildman–Crippen MR) is 88.0 cm³/mol. The molecular weight excluding hydrogens is 296 g/mol. The highest BCUT2D eigenvalue weighted by molar-refractivity contribution is 7.71. The van der Waals surface area contributed by atoms with Gasteiger partial charge in [0.05, 0.1) is 0 Å². The van der Waals surface area contributed by atoms with Crippen LogP contribution in [0.15, 0.2) is 60.7 Å². The lowest BCUT2D eigenvalue weighted by atomic mass is 10.3. The molecule has 0 atom stereocenters. The molecule has 1 N–H and O–H groups in total. The Hall–Kier alpha value is -2.73. The summed E-state index contributed by atoms with van der Waals surface area (Å²) >= 11 is 5.39. The van der Waals surface area contributed by atoms with Crippen LogP contribution in [0.2, 0.25) is 0 Å². The molecule has 0 spiro atoms. The Labute approximate surface area is 132 Å². The van der Waals surface area contributed by atoms with E-state index in [1.807, 2.05) is 67.6 Å². The number of carbonyl (C=O) groups is 1. The number of amides is 1. The van der Waals surface area contributed by atoms with Crippen molar-refractivity contribution >= 4 is 23.9 Å². The minimum Gasteiger partial charge on any atom is -0.306 e. The van der Waals surface area contributed by atoms with Crippen LogP contribution in [0.4, 0.5) is 10.5 Å². The van der Waals surface area contributed by atoms with Crippen molar-refractivity contribution < 1.29 is 4.79 Å². The smallest absolute Gasteiger partial charge is 0.306 e. The molecule has 0 aliphatic carbocycles. The Morgan fingerprint density at radius 1 is 1.05 bits per heavy atom. The topological polar surface area (TPSA) is 51.9 Å². The fourth-order valence-electron chi connectivity index (χ4n) is 2.17. The molecule has 0 radical (unpaired) electrons. The van der Waals surface area contributed by atoms with Crippen molar-refractivity contribution in [2.24, 2.45) is 0 Å². The summed E-state index contributed by atoms with van der Waals surface area (Å²) < 4.78 is 3.29. The number of rotatable bonds is 2. The number of hydrogen-bond acceptors (Lipinski definition) is 3. The molecule has 0 aliphatic heterocycles. The van der Waals surface area contributed by atoms with E-state index in [0.29, 0.717) is 16.3 Å². The van der Waals surface area contributed by atoms with Crippen LogP contribution in [0.3, 0.4) is 0 Å². The van der Waals surface area contributed by atoms with Crippen molar-refractivity contribution in [3.8, 4) is 5.69 Å². The van der Waals surface area contributed by atoms with Crippen LogP contribution in [0.1, 0.15) is 5.82 Å². The molecule has 0 bridgehead atoms. The van der Waals surface area contributed by atoms with Crippen LogP contribution in [0.5, 0.6) is 0 Å². The highest BCUT2D eigenvalue weighted by Gasteiger charge is 2.14. The number of aromatic nitrogens is 3. The first kappa shape index (κ1) is 14.2. The number of hydrogen-bond donors (Lipinski definition) is 1. The van der Waals surface area contributed by atoms with E-state index >= 15 is 0 Å². The second kappa shape index (κ2) is 5.95. The van der Waals surface area contributed by atoms with Crippen LogP contribution in [0.25, 0.3) is 5.69 Å². The zero-order valence-electron chi connectivity index (χ0n) is 11.9. The zero-order chi connectivity index (χ0) is 15.5. The van der Waals surface area contributed by atoms with Gasteiger partial charge in [0.25, 0.3) is 0 Å². The maximum Gasteiger partial charge on any atom is 0.349 e. The van der Waals surface area contributed by atoms with Crippen LogP contribution in [0, 0.1) is 11.7 Å².